The van der Waals surface area contributed by atoms with Crippen molar-refractivity contribution in [1.82, 2.24) is 0 Å². The molecule has 0 atom stereocenters. The van der Waals surface area contributed by atoms with Crippen LogP contribution >= 0.6 is 0 Å². The highest BCUT2D eigenvalue weighted by Crippen LogP contribution is 2.18. The van der Waals surface area contributed by atoms with Crippen LogP contribution in [-0.2, 0) is 10.0 Å². The fourth-order valence-corrected chi connectivity index (χ4v) is 3.05. The Kier molecular flexibility index (Phi) is 4.34. The van der Waals surface area contributed by atoms with Crippen LogP contribution in [0.5, 0.6) is 0 Å². The third-order valence-corrected chi connectivity index (χ3v) is 4.64. The normalized spacial score (nSPS) is 11.6. The Morgan fingerprint density at radius 3 is 2.22 bits per heavy atom. The highest BCUT2D eigenvalue weighted by Gasteiger charge is 2.19. The van der Waals surface area contributed by atoms with Crippen molar-refractivity contribution in [3.63, 3.8) is 0 Å². The lowest BCUT2D eigenvalue weighted by Crippen LogP contribution is -2.30. The Morgan fingerprint density at radius 2 is 1.83 bits per heavy atom. The first-order valence-corrected chi connectivity index (χ1v) is 7.26. The van der Waals surface area contributed by atoms with Gasteiger partial charge in [0, 0.05) is 12.6 Å². The summed E-state index contributed by atoms with van der Waals surface area (Å²) in [6.07, 6.45) is 0. The minimum Gasteiger partial charge on any atom is -0.384 e. The van der Waals surface area contributed by atoms with Gasteiger partial charge in [-0.15, -0.1) is 0 Å². The Labute approximate surface area is 108 Å². The summed E-state index contributed by atoms with van der Waals surface area (Å²) in [5.74, 6) is 0.154. The van der Waals surface area contributed by atoms with E-state index in [2.05, 4.69) is 0 Å². The Balaban J connectivity index is 2.97. The highest BCUT2D eigenvalue weighted by atomic mass is 32.2. The maximum atomic E-state index is 12.0. The predicted molar refractivity (Wildman–Crippen MR) is 74.5 cm³/mol. The molecule has 0 aliphatic heterocycles. The largest absolute Gasteiger partial charge is 0.384 e. The van der Waals surface area contributed by atoms with E-state index in [0.717, 1.165) is 0 Å². The van der Waals surface area contributed by atoms with Crippen LogP contribution in [0.25, 0.3) is 0 Å². The number of nitrogens with one attached hydrogen (secondary N) is 1. The van der Waals surface area contributed by atoms with E-state index in [1.807, 2.05) is 13.8 Å². The van der Waals surface area contributed by atoms with E-state index in [1.165, 1.54) is 11.4 Å². The van der Waals surface area contributed by atoms with Gasteiger partial charge >= 0.3 is 0 Å². The summed E-state index contributed by atoms with van der Waals surface area (Å²) in [7, 11) is -1.77. The fourth-order valence-electron chi connectivity index (χ4n) is 1.54. The summed E-state index contributed by atoms with van der Waals surface area (Å²) < 4.78 is 25.3. The number of nitrogens with zero attached hydrogens (tertiary/aromatic N) is 1. The molecule has 1 aromatic carbocycles. The van der Waals surface area contributed by atoms with Crippen molar-refractivity contribution < 1.29 is 8.42 Å². The minimum absolute atomic E-state index is 0.0331. The Bertz CT molecular complexity index is 521. The van der Waals surface area contributed by atoms with E-state index in [9.17, 15) is 8.42 Å². The average molecular weight is 269 g/mol. The van der Waals surface area contributed by atoms with Crippen molar-refractivity contribution in [2.24, 2.45) is 11.7 Å². The smallest absolute Gasteiger partial charge is 0.235 e. The number of sulfonamides is 1. The molecule has 0 aromatic heterocycles. The van der Waals surface area contributed by atoms with Crippen LogP contribution in [0.1, 0.15) is 19.4 Å². The van der Waals surface area contributed by atoms with Gasteiger partial charge in [-0.25, -0.2) is 8.42 Å². The van der Waals surface area contributed by atoms with Crippen LogP contribution < -0.4 is 10.0 Å². The topological polar surface area (TPSA) is 87.2 Å². The van der Waals surface area contributed by atoms with Gasteiger partial charge in [0.1, 0.15) is 5.84 Å². The monoisotopic (exact) mass is 269 g/mol. The predicted octanol–water partition coefficient (Wildman–Crippen LogP) is 1.39. The molecule has 1 rings (SSSR count). The summed E-state index contributed by atoms with van der Waals surface area (Å²) in [6, 6.07) is 6.57. The molecule has 0 saturated carbocycles. The summed E-state index contributed by atoms with van der Waals surface area (Å²) in [4.78, 5) is 0. The molecule has 0 heterocycles. The minimum atomic E-state index is -3.30. The molecule has 3 N–H and O–H groups in total. The first kappa shape index (κ1) is 14.5. The van der Waals surface area contributed by atoms with Crippen LogP contribution in [0, 0.1) is 11.3 Å². The van der Waals surface area contributed by atoms with Crippen molar-refractivity contribution in [2.75, 3.05) is 17.1 Å². The number of hydrogen-bond donors (Lipinski definition) is 2. The van der Waals surface area contributed by atoms with Crippen molar-refractivity contribution >= 4 is 21.5 Å². The molecule has 0 aliphatic rings. The number of hydrogen-bond acceptors (Lipinski definition) is 3. The third kappa shape index (κ3) is 3.46. The van der Waals surface area contributed by atoms with Gasteiger partial charge in [0.2, 0.25) is 10.0 Å². The quantitative estimate of drug-likeness (QED) is 0.625. The van der Waals surface area contributed by atoms with Crippen LogP contribution in [0.2, 0.25) is 0 Å². The molecule has 18 heavy (non-hydrogen) atoms. The molecule has 0 aliphatic carbocycles. The number of benzene rings is 1. The SMILES string of the molecule is CC(C)CS(=O)(=O)N(C)c1ccc(C(=N)N)cc1. The average Bonchev–Trinajstić information content (AvgIpc) is 2.26. The zero-order valence-electron chi connectivity index (χ0n) is 10.8. The molecule has 0 amide bonds. The van der Waals surface area contributed by atoms with Gasteiger partial charge in [0.15, 0.2) is 0 Å². The van der Waals surface area contributed by atoms with E-state index in [1.54, 1.807) is 24.3 Å². The zero-order valence-corrected chi connectivity index (χ0v) is 11.7. The van der Waals surface area contributed by atoms with Crippen molar-refractivity contribution in [2.45, 2.75) is 13.8 Å². The highest BCUT2D eigenvalue weighted by molar-refractivity contribution is 7.92. The van der Waals surface area contributed by atoms with Crippen molar-refractivity contribution in [1.29, 1.82) is 5.41 Å². The number of anilines is 1. The van der Waals surface area contributed by atoms with Crippen molar-refractivity contribution in [3.8, 4) is 0 Å². The lowest BCUT2D eigenvalue weighted by Gasteiger charge is -2.20. The molecule has 5 nitrogen and oxygen atoms in total. The second kappa shape index (κ2) is 5.39. The lowest BCUT2D eigenvalue weighted by molar-refractivity contribution is 0.580. The third-order valence-electron chi connectivity index (χ3n) is 2.50. The molecule has 0 bridgehead atoms. The van der Waals surface area contributed by atoms with Gasteiger partial charge in [-0.05, 0) is 30.2 Å². The van der Waals surface area contributed by atoms with Gasteiger partial charge < -0.3 is 5.73 Å². The molecule has 0 unspecified atom stereocenters. The second-order valence-corrected chi connectivity index (χ2v) is 6.65. The molecule has 0 fully saturated rings. The van der Waals surface area contributed by atoms with E-state index >= 15 is 0 Å². The van der Waals surface area contributed by atoms with Gasteiger partial charge in [-0.3, -0.25) is 9.71 Å². The molecular weight excluding hydrogens is 250 g/mol. The van der Waals surface area contributed by atoms with Gasteiger partial charge in [0.25, 0.3) is 0 Å². The van der Waals surface area contributed by atoms with Gasteiger partial charge in [-0.1, -0.05) is 13.8 Å². The first-order chi connectivity index (χ1) is 8.24. The summed E-state index contributed by atoms with van der Waals surface area (Å²) >= 11 is 0. The molecule has 0 saturated heterocycles. The van der Waals surface area contributed by atoms with Crippen LogP contribution in [0.3, 0.4) is 0 Å². The summed E-state index contributed by atoms with van der Waals surface area (Å²) in [5, 5.41) is 7.27. The van der Waals surface area contributed by atoms with Gasteiger partial charge in [0.05, 0.1) is 11.4 Å². The molecule has 1 aromatic rings. The van der Waals surface area contributed by atoms with Gasteiger partial charge in [-0.2, -0.15) is 0 Å². The Morgan fingerprint density at radius 1 is 1.33 bits per heavy atom. The molecule has 100 valence electrons. The van der Waals surface area contributed by atoms with Crippen molar-refractivity contribution in [3.05, 3.63) is 29.8 Å². The first-order valence-electron chi connectivity index (χ1n) is 5.65. The van der Waals surface area contributed by atoms with Crippen LogP contribution in [-0.4, -0.2) is 27.1 Å². The maximum Gasteiger partial charge on any atom is 0.235 e. The van der Waals surface area contributed by atoms with E-state index < -0.39 is 10.0 Å². The lowest BCUT2D eigenvalue weighted by atomic mass is 10.2. The maximum absolute atomic E-state index is 12.0. The van der Waals surface area contributed by atoms with E-state index in [0.29, 0.717) is 11.3 Å². The summed E-state index contributed by atoms with van der Waals surface area (Å²) in [5.41, 5.74) is 6.49. The Hall–Kier alpha value is -1.56. The molecule has 0 radical (unpaired) electrons. The number of rotatable bonds is 5. The molecular formula is C12H19N3O2S. The van der Waals surface area contributed by atoms with E-state index in [4.69, 9.17) is 11.1 Å². The standard InChI is InChI=1S/C12H19N3O2S/c1-9(2)8-18(16,17)15(3)11-6-4-10(5-7-11)12(13)14/h4-7,9H,8H2,1-3H3,(H3,13,14). The van der Waals surface area contributed by atoms with Crippen LogP contribution in [0.4, 0.5) is 5.69 Å². The van der Waals surface area contributed by atoms with Crippen LogP contribution in [0.15, 0.2) is 24.3 Å². The van der Waals surface area contributed by atoms with E-state index in [-0.39, 0.29) is 17.5 Å². The molecule has 0 spiro atoms. The second-order valence-electron chi connectivity index (χ2n) is 4.60. The molecule has 6 heteroatoms. The summed E-state index contributed by atoms with van der Waals surface area (Å²) in [6.45, 7) is 3.73. The fraction of sp³-hybridized carbons (Fsp3) is 0.417. The zero-order chi connectivity index (χ0) is 13.9. The number of nitrogens with two attached hydrogens (primary N) is 1. The number of amidine groups is 1. The number of nitrogen functional groups attached to an aromatic ring is 1.